The molecular weight excluding hydrogens is 427 g/mol. The average molecular weight is 455 g/mol. The molecule has 4 unspecified atom stereocenters. The zero-order valence-corrected chi connectivity index (χ0v) is 19.0. The summed E-state index contributed by atoms with van der Waals surface area (Å²) >= 11 is 0. The van der Waals surface area contributed by atoms with Crippen molar-refractivity contribution in [3.05, 3.63) is 65.9 Å². The minimum atomic E-state index is -1.20. The van der Waals surface area contributed by atoms with Gasteiger partial charge < -0.3 is 10.5 Å². The van der Waals surface area contributed by atoms with Gasteiger partial charge in [-0.1, -0.05) is 12.5 Å². The van der Waals surface area contributed by atoms with Crippen LogP contribution in [-0.4, -0.2) is 31.2 Å². The van der Waals surface area contributed by atoms with Crippen molar-refractivity contribution in [2.24, 2.45) is 29.1 Å². The Bertz CT molecular complexity index is 1140. The van der Waals surface area contributed by atoms with Crippen LogP contribution in [0.15, 0.2) is 70.0 Å². The summed E-state index contributed by atoms with van der Waals surface area (Å²) in [5.74, 6) is -0.186. The highest BCUT2D eigenvalue weighted by Crippen LogP contribution is 2.50. The Balaban J connectivity index is 1.62. The van der Waals surface area contributed by atoms with Crippen LogP contribution < -0.4 is 5.73 Å². The standard InChI is InChI=1S/C24H27FN4O2S/c1-16(32(31)22-13-27-29(2)14-22)17-3-4-19-9-23(28-21-7-5-20(25)6-8-21)18(12-26)11-24(19,10-17)15-30/h5-9,12-17H,3-4,10-11,26H2,1-2H3/b18-12-,28-23?. The van der Waals surface area contributed by atoms with Gasteiger partial charge in [0.15, 0.2) is 0 Å². The summed E-state index contributed by atoms with van der Waals surface area (Å²) in [6.07, 6.45) is 10.6. The molecule has 0 saturated heterocycles. The molecule has 4 atom stereocenters. The summed E-state index contributed by atoms with van der Waals surface area (Å²) in [7, 11) is 0.608. The highest BCUT2D eigenvalue weighted by Gasteiger charge is 2.45. The first kappa shape index (κ1) is 22.3. The summed E-state index contributed by atoms with van der Waals surface area (Å²) in [5, 5.41) is 4.03. The largest absolute Gasteiger partial charge is 0.404 e. The van der Waals surface area contributed by atoms with E-state index in [0.29, 0.717) is 29.1 Å². The predicted octanol–water partition coefficient (Wildman–Crippen LogP) is 3.99. The highest BCUT2D eigenvalue weighted by atomic mass is 32.2. The molecule has 0 aliphatic heterocycles. The number of aromatic nitrogens is 2. The Labute approximate surface area is 189 Å². The van der Waals surface area contributed by atoms with E-state index in [1.54, 1.807) is 36.3 Å². The number of aryl methyl sites for hydroxylation is 1. The molecular formula is C24H27FN4O2S. The second-order valence-electron chi connectivity index (χ2n) is 8.64. The number of aldehydes is 1. The number of carbonyl (C=O) groups excluding carboxylic acids is 1. The minimum Gasteiger partial charge on any atom is -0.404 e. The molecule has 1 saturated carbocycles. The fourth-order valence-electron chi connectivity index (χ4n) is 4.74. The minimum absolute atomic E-state index is 0.0999. The Morgan fingerprint density at radius 1 is 1.38 bits per heavy atom. The van der Waals surface area contributed by atoms with Gasteiger partial charge in [-0.2, -0.15) is 5.10 Å². The van der Waals surface area contributed by atoms with Gasteiger partial charge in [-0.05, 0) is 73.7 Å². The topological polar surface area (TPSA) is 90.3 Å². The van der Waals surface area contributed by atoms with E-state index in [-0.39, 0.29) is 17.0 Å². The van der Waals surface area contributed by atoms with Crippen molar-refractivity contribution in [2.45, 2.75) is 42.8 Å². The van der Waals surface area contributed by atoms with Crippen LogP contribution >= 0.6 is 0 Å². The first-order valence-corrected chi connectivity index (χ1v) is 11.9. The number of allylic oxidation sites excluding steroid dienone is 3. The number of hydrogen-bond acceptors (Lipinski definition) is 5. The molecule has 2 N–H and O–H groups in total. The molecule has 168 valence electrons. The summed E-state index contributed by atoms with van der Waals surface area (Å²) in [6.45, 7) is 1.99. The number of nitrogens with two attached hydrogens (primary N) is 1. The third-order valence-electron chi connectivity index (χ3n) is 6.61. The molecule has 1 aromatic heterocycles. The Morgan fingerprint density at radius 2 is 2.12 bits per heavy atom. The van der Waals surface area contributed by atoms with E-state index in [1.165, 1.54) is 18.3 Å². The fraction of sp³-hybridized carbons (Fsp3) is 0.375. The number of hydrogen-bond donors (Lipinski definition) is 1. The van der Waals surface area contributed by atoms with Crippen molar-refractivity contribution in [2.75, 3.05) is 0 Å². The van der Waals surface area contributed by atoms with Gasteiger partial charge in [0.2, 0.25) is 0 Å². The molecule has 1 aromatic carbocycles. The molecule has 6 nitrogen and oxygen atoms in total. The van der Waals surface area contributed by atoms with E-state index in [2.05, 4.69) is 10.1 Å². The van der Waals surface area contributed by atoms with Crippen LogP contribution in [0, 0.1) is 17.2 Å². The number of halogens is 1. The molecule has 0 amide bonds. The molecule has 1 heterocycles. The number of fused-ring (bicyclic) bond motifs is 1. The Kier molecular flexibility index (Phi) is 6.24. The summed E-state index contributed by atoms with van der Waals surface area (Å²) in [6, 6.07) is 5.96. The molecule has 0 radical (unpaired) electrons. The van der Waals surface area contributed by atoms with E-state index < -0.39 is 16.2 Å². The SMILES string of the molecule is CC(C1CCC2=CC(=Nc3ccc(F)cc3)/C(=C\N)CC2(C=O)C1)S(=O)c1cnn(C)c1. The molecule has 4 rings (SSSR count). The maximum Gasteiger partial charge on any atom is 0.130 e. The van der Waals surface area contributed by atoms with Crippen molar-refractivity contribution in [1.82, 2.24) is 9.78 Å². The Hall–Kier alpha value is -2.87. The third-order valence-corrected chi connectivity index (χ3v) is 8.35. The summed E-state index contributed by atoms with van der Waals surface area (Å²) in [4.78, 5) is 17.8. The second-order valence-corrected chi connectivity index (χ2v) is 10.5. The van der Waals surface area contributed by atoms with E-state index in [1.807, 2.05) is 13.0 Å². The molecule has 2 aliphatic rings. The zero-order chi connectivity index (χ0) is 22.9. The van der Waals surface area contributed by atoms with Crippen molar-refractivity contribution in [3.8, 4) is 0 Å². The lowest BCUT2D eigenvalue weighted by atomic mass is 9.61. The lowest BCUT2D eigenvalue weighted by molar-refractivity contribution is -0.116. The third kappa shape index (κ3) is 4.24. The molecule has 2 aromatic rings. The maximum atomic E-state index is 13.2. The van der Waals surface area contributed by atoms with Crippen molar-refractivity contribution in [1.29, 1.82) is 0 Å². The van der Waals surface area contributed by atoms with Gasteiger partial charge in [-0.3, -0.25) is 8.89 Å². The highest BCUT2D eigenvalue weighted by molar-refractivity contribution is 7.85. The molecule has 0 spiro atoms. The van der Waals surface area contributed by atoms with E-state index >= 15 is 0 Å². The number of aliphatic imine (C=N–C) groups is 1. The normalized spacial score (nSPS) is 27.6. The second kappa shape index (κ2) is 8.94. The van der Waals surface area contributed by atoms with Crippen LogP contribution in [0.5, 0.6) is 0 Å². The molecule has 32 heavy (non-hydrogen) atoms. The molecule has 1 fully saturated rings. The van der Waals surface area contributed by atoms with Gasteiger partial charge in [0, 0.05) is 18.5 Å². The van der Waals surface area contributed by atoms with Gasteiger partial charge >= 0.3 is 0 Å². The van der Waals surface area contributed by atoms with Crippen molar-refractivity contribution in [3.63, 3.8) is 0 Å². The number of carbonyl (C=O) groups is 1. The van der Waals surface area contributed by atoms with Gasteiger partial charge in [-0.15, -0.1) is 0 Å². The Morgan fingerprint density at radius 3 is 2.75 bits per heavy atom. The lowest BCUT2D eigenvalue weighted by Crippen LogP contribution is -2.40. The zero-order valence-electron chi connectivity index (χ0n) is 18.2. The average Bonchev–Trinajstić information content (AvgIpc) is 3.25. The van der Waals surface area contributed by atoms with E-state index in [4.69, 9.17) is 5.73 Å². The maximum absolute atomic E-state index is 13.2. The quantitative estimate of drug-likeness (QED) is 0.692. The van der Waals surface area contributed by atoms with Gasteiger partial charge in [-0.25, -0.2) is 9.38 Å². The molecule has 8 heteroatoms. The monoisotopic (exact) mass is 454 g/mol. The first-order valence-electron chi connectivity index (χ1n) is 10.7. The van der Waals surface area contributed by atoms with E-state index in [0.717, 1.165) is 30.3 Å². The van der Waals surface area contributed by atoms with Gasteiger partial charge in [0.25, 0.3) is 0 Å². The van der Waals surface area contributed by atoms with Crippen molar-refractivity contribution >= 4 is 28.5 Å². The molecule has 2 aliphatic carbocycles. The van der Waals surface area contributed by atoms with Crippen LogP contribution in [0.3, 0.4) is 0 Å². The van der Waals surface area contributed by atoms with Gasteiger partial charge in [0.1, 0.15) is 12.1 Å². The lowest BCUT2D eigenvalue weighted by Gasteiger charge is -2.43. The van der Waals surface area contributed by atoms with Gasteiger partial charge in [0.05, 0.1) is 38.7 Å². The summed E-state index contributed by atoms with van der Waals surface area (Å²) < 4.78 is 28.0. The summed E-state index contributed by atoms with van der Waals surface area (Å²) in [5.41, 5.74) is 8.41. The number of rotatable bonds is 5. The van der Waals surface area contributed by atoms with Crippen LogP contribution in [0.4, 0.5) is 10.1 Å². The first-order chi connectivity index (χ1) is 15.3. The smallest absolute Gasteiger partial charge is 0.130 e. The van der Waals surface area contributed by atoms with E-state index in [9.17, 15) is 13.4 Å². The van der Waals surface area contributed by atoms with Crippen LogP contribution in [-0.2, 0) is 22.6 Å². The molecule has 0 bridgehead atoms. The van der Waals surface area contributed by atoms with Crippen LogP contribution in [0.25, 0.3) is 0 Å². The van der Waals surface area contributed by atoms with Crippen LogP contribution in [0.1, 0.15) is 32.6 Å². The van der Waals surface area contributed by atoms with Crippen molar-refractivity contribution < 1.29 is 13.4 Å². The fourth-order valence-corrected chi connectivity index (χ4v) is 6.16. The van der Waals surface area contributed by atoms with Crippen LogP contribution in [0.2, 0.25) is 0 Å². The predicted molar refractivity (Wildman–Crippen MR) is 123 cm³/mol. The number of nitrogens with zero attached hydrogens (tertiary/aromatic N) is 3. The number of benzene rings is 1.